The van der Waals surface area contributed by atoms with Gasteiger partial charge in [-0.05, 0) is 42.8 Å². The molecule has 0 aliphatic rings. The fourth-order valence-electron chi connectivity index (χ4n) is 1.59. The molecule has 21 heavy (non-hydrogen) atoms. The molecule has 0 atom stereocenters. The number of halogens is 4. The van der Waals surface area contributed by atoms with Gasteiger partial charge in [-0.15, -0.1) is 0 Å². The summed E-state index contributed by atoms with van der Waals surface area (Å²) in [7, 11) is -3.76. The normalized spacial score (nSPS) is 11.5. The Morgan fingerprint density at radius 3 is 2.24 bits per heavy atom. The Bertz CT molecular complexity index is 809. The van der Waals surface area contributed by atoms with Crippen molar-refractivity contribution in [2.75, 3.05) is 4.72 Å². The van der Waals surface area contributed by atoms with E-state index in [1.807, 2.05) is 0 Å². The molecule has 2 aromatic carbocycles. The smallest absolute Gasteiger partial charge is 0.261 e. The molecule has 0 aliphatic heterocycles. The van der Waals surface area contributed by atoms with E-state index in [2.05, 4.69) is 20.7 Å². The van der Waals surface area contributed by atoms with E-state index in [1.54, 1.807) is 19.1 Å². The second-order valence-corrected chi connectivity index (χ2v) is 8.02. The average molecular weight is 430 g/mol. The van der Waals surface area contributed by atoms with E-state index < -0.39 is 10.0 Å². The van der Waals surface area contributed by atoms with Crippen molar-refractivity contribution in [3.8, 4) is 0 Å². The summed E-state index contributed by atoms with van der Waals surface area (Å²) >= 11 is 21.0. The van der Waals surface area contributed by atoms with Gasteiger partial charge in [0.1, 0.15) is 0 Å². The van der Waals surface area contributed by atoms with Crippen LogP contribution in [-0.4, -0.2) is 8.42 Å². The third-order valence-electron chi connectivity index (χ3n) is 2.69. The van der Waals surface area contributed by atoms with Crippen molar-refractivity contribution in [1.29, 1.82) is 0 Å². The van der Waals surface area contributed by atoms with Gasteiger partial charge in [0.15, 0.2) is 0 Å². The largest absolute Gasteiger partial charge is 0.278 e. The summed E-state index contributed by atoms with van der Waals surface area (Å²) in [5.74, 6) is 0. The molecule has 0 heterocycles. The topological polar surface area (TPSA) is 46.2 Å². The van der Waals surface area contributed by atoms with Crippen molar-refractivity contribution in [2.24, 2.45) is 0 Å². The summed E-state index contributed by atoms with van der Waals surface area (Å²) in [5.41, 5.74) is 0.977. The molecule has 0 radical (unpaired) electrons. The Morgan fingerprint density at radius 2 is 1.62 bits per heavy atom. The van der Waals surface area contributed by atoms with Gasteiger partial charge in [-0.3, -0.25) is 4.72 Å². The Morgan fingerprint density at radius 1 is 1.00 bits per heavy atom. The fourth-order valence-corrected chi connectivity index (χ4v) is 3.64. The first-order valence-electron chi connectivity index (χ1n) is 5.64. The molecule has 0 fully saturated rings. The molecule has 2 aromatic rings. The molecular weight excluding hydrogens is 420 g/mol. The molecule has 0 aromatic heterocycles. The van der Waals surface area contributed by atoms with Crippen molar-refractivity contribution in [3.05, 3.63) is 55.4 Å². The summed E-state index contributed by atoms with van der Waals surface area (Å²) < 4.78 is 27.9. The van der Waals surface area contributed by atoms with Crippen LogP contribution in [0.5, 0.6) is 0 Å². The number of hydrogen-bond acceptors (Lipinski definition) is 2. The minimum Gasteiger partial charge on any atom is -0.278 e. The molecule has 0 bridgehead atoms. The summed E-state index contributed by atoms with van der Waals surface area (Å²) in [5, 5.41) is 0.636. The highest BCUT2D eigenvalue weighted by molar-refractivity contribution is 9.10. The van der Waals surface area contributed by atoms with Gasteiger partial charge in [-0.2, -0.15) is 0 Å². The van der Waals surface area contributed by atoms with Crippen LogP contribution < -0.4 is 4.72 Å². The Hall–Kier alpha value is -0.460. The molecule has 1 N–H and O–H groups in total. The minimum atomic E-state index is -3.76. The van der Waals surface area contributed by atoms with Crippen molar-refractivity contribution in [2.45, 2.75) is 11.8 Å². The van der Waals surface area contributed by atoms with Gasteiger partial charge in [0.05, 0.1) is 25.7 Å². The van der Waals surface area contributed by atoms with E-state index in [0.29, 0.717) is 0 Å². The van der Waals surface area contributed by atoms with Crippen LogP contribution >= 0.6 is 50.7 Å². The SMILES string of the molecule is Cc1cc(S(=O)(=O)Nc2cc(Cl)c(Cl)cc2Cl)ccc1Br. The predicted octanol–water partition coefficient (Wildman–Crippen LogP) is 5.52. The van der Waals surface area contributed by atoms with Crippen LogP contribution in [0.2, 0.25) is 15.1 Å². The molecule has 8 heteroatoms. The van der Waals surface area contributed by atoms with Gasteiger partial charge in [-0.1, -0.05) is 50.7 Å². The number of hydrogen-bond donors (Lipinski definition) is 1. The van der Waals surface area contributed by atoms with Crippen LogP contribution in [0.25, 0.3) is 0 Å². The molecule has 0 aliphatic carbocycles. The Labute approximate surface area is 146 Å². The molecule has 2 rings (SSSR count). The standard InChI is InChI=1S/C13H9BrCl3NO2S/c1-7-4-8(2-3-9(7)14)21(19,20)18-13-6-11(16)10(15)5-12(13)17/h2-6,18H,1H3. The lowest BCUT2D eigenvalue weighted by molar-refractivity contribution is 0.601. The van der Waals surface area contributed by atoms with Gasteiger partial charge in [0.25, 0.3) is 10.0 Å². The number of benzene rings is 2. The number of nitrogens with one attached hydrogen (secondary N) is 1. The first-order valence-corrected chi connectivity index (χ1v) is 9.05. The second kappa shape index (κ2) is 6.34. The fraction of sp³-hybridized carbons (Fsp3) is 0.0769. The molecular formula is C13H9BrCl3NO2S. The molecule has 0 saturated carbocycles. The summed E-state index contributed by atoms with van der Waals surface area (Å²) in [6, 6.07) is 7.47. The number of aryl methyl sites for hydroxylation is 1. The van der Waals surface area contributed by atoms with E-state index in [9.17, 15) is 8.42 Å². The average Bonchev–Trinajstić information content (AvgIpc) is 2.39. The second-order valence-electron chi connectivity index (χ2n) is 4.26. The number of rotatable bonds is 3. The van der Waals surface area contributed by atoms with Crippen molar-refractivity contribution in [1.82, 2.24) is 0 Å². The molecule has 0 saturated heterocycles. The Kier molecular flexibility index (Phi) is 5.11. The zero-order chi connectivity index (χ0) is 15.8. The summed E-state index contributed by atoms with van der Waals surface area (Å²) in [6.07, 6.45) is 0. The van der Waals surface area contributed by atoms with E-state index in [1.165, 1.54) is 18.2 Å². The van der Waals surface area contributed by atoms with E-state index >= 15 is 0 Å². The van der Waals surface area contributed by atoms with Crippen LogP contribution in [0.15, 0.2) is 39.7 Å². The first kappa shape index (κ1) is 16.9. The van der Waals surface area contributed by atoms with Gasteiger partial charge in [0.2, 0.25) is 0 Å². The first-order chi connectivity index (χ1) is 9.70. The third kappa shape index (κ3) is 3.85. The van der Waals surface area contributed by atoms with Crippen molar-refractivity contribution in [3.63, 3.8) is 0 Å². The minimum absolute atomic E-state index is 0.130. The monoisotopic (exact) mass is 427 g/mol. The number of sulfonamides is 1. The maximum atomic E-state index is 12.4. The molecule has 3 nitrogen and oxygen atoms in total. The molecule has 112 valence electrons. The molecule has 0 amide bonds. The summed E-state index contributed by atoms with van der Waals surface area (Å²) in [6.45, 7) is 1.80. The predicted molar refractivity (Wildman–Crippen MR) is 91.2 cm³/mol. The van der Waals surface area contributed by atoms with Crippen LogP contribution in [0.4, 0.5) is 5.69 Å². The third-order valence-corrected chi connectivity index (χ3v) is 5.98. The Balaban J connectivity index is 2.42. The maximum absolute atomic E-state index is 12.4. The van der Waals surface area contributed by atoms with Crippen molar-refractivity contribution >= 4 is 66.4 Å². The zero-order valence-electron chi connectivity index (χ0n) is 10.6. The highest BCUT2D eigenvalue weighted by Gasteiger charge is 2.17. The van der Waals surface area contributed by atoms with E-state index in [4.69, 9.17) is 34.8 Å². The van der Waals surface area contributed by atoms with Crippen LogP contribution in [-0.2, 0) is 10.0 Å². The van der Waals surface area contributed by atoms with Gasteiger partial charge in [0, 0.05) is 4.47 Å². The van der Waals surface area contributed by atoms with E-state index in [-0.39, 0.29) is 25.7 Å². The van der Waals surface area contributed by atoms with Gasteiger partial charge in [-0.25, -0.2) is 8.42 Å². The van der Waals surface area contributed by atoms with Crippen LogP contribution in [0.1, 0.15) is 5.56 Å². The lowest BCUT2D eigenvalue weighted by atomic mass is 10.2. The van der Waals surface area contributed by atoms with E-state index in [0.717, 1.165) is 10.0 Å². The highest BCUT2D eigenvalue weighted by Crippen LogP contribution is 2.33. The molecule has 0 unspecified atom stereocenters. The maximum Gasteiger partial charge on any atom is 0.261 e. The van der Waals surface area contributed by atoms with Crippen LogP contribution in [0, 0.1) is 6.92 Å². The highest BCUT2D eigenvalue weighted by atomic mass is 79.9. The summed E-state index contributed by atoms with van der Waals surface area (Å²) in [4.78, 5) is 0.130. The zero-order valence-corrected chi connectivity index (χ0v) is 15.3. The lowest BCUT2D eigenvalue weighted by Gasteiger charge is -2.11. The van der Waals surface area contributed by atoms with Gasteiger partial charge >= 0.3 is 0 Å². The van der Waals surface area contributed by atoms with Gasteiger partial charge < -0.3 is 0 Å². The van der Waals surface area contributed by atoms with Crippen molar-refractivity contribution < 1.29 is 8.42 Å². The quantitative estimate of drug-likeness (QED) is 0.653. The number of anilines is 1. The lowest BCUT2D eigenvalue weighted by Crippen LogP contribution is -2.13. The molecule has 0 spiro atoms. The van der Waals surface area contributed by atoms with Crippen LogP contribution in [0.3, 0.4) is 0 Å².